The van der Waals surface area contributed by atoms with E-state index in [-0.39, 0.29) is 17.1 Å². The van der Waals surface area contributed by atoms with E-state index >= 15 is 0 Å². The van der Waals surface area contributed by atoms with Crippen LogP contribution in [0.25, 0.3) is 0 Å². The van der Waals surface area contributed by atoms with Crippen molar-refractivity contribution < 1.29 is 4.79 Å². The van der Waals surface area contributed by atoms with Crippen LogP contribution in [0.3, 0.4) is 0 Å². The molecule has 6 heteroatoms. The number of hydrogen-bond donors (Lipinski definition) is 3. The van der Waals surface area contributed by atoms with Gasteiger partial charge in [-0.25, -0.2) is 0 Å². The maximum absolute atomic E-state index is 11.6. The highest BCUT2D eigenvalue weighted by Gasteiger charge is 2.23. The second kappa shape index (κ2) is 4.19. The first-order valence-electron chi connectivity index (χ1n) is 4.49. The molecule has 6 nitrogen and oxygen atoms in total. The molecule has 0 aromatic carbocycles. The first-order valence-corrected chi connectivity index (χ1v) is 4.49. The zero-order valence-electron chi connectivity index (χ0n) is 8.37. The van der Waals surface area contributed by atoms with E-state index in [4.69, 9.17) is 5.73 Å². The van der Waals surface area contributed by atoms with Crippen LogP contribution in [0.15, 0.2) is 6.20 Å². The third-order valence-corrected chi connectivity index (χ3v) is 2.29. The van der Waals surface area contributed by atoms with Crippen LogP contribution in [-0.4, -0.2) is 33.4 Å². The predicted molar refractivity (Wildman–Crippen MR) is 51.6 cm³/mol. The van der Waals surface area contributed by atoms with Crippen LogP contribution in [0.5, 0.6) is 0 Å². The lowest BCUT2D eigenvalue weighted by atomic mass is 9.99. The van der Waals surface area contributed by atoms with Gasteiger partial charge >= 0.3 is 0 Å². The molecule has 0 saturated carbocycles. The average molecular weight is 197 g/mol. The summed E-state index contributed by atoms with van der Waals surface area (Å²) in [6.45, 7) is 4.26. The van der Waals surface area contributed by atoms with Gasteiger partial charge in [-0.3, -0.25) is 4.79 Å². The van der Waals surface area contributed by atoms with Gasteiger partial charge in [-0.1, -0.05) is 6.92 Å². The van der Waals surface area contributed by atoms with Gasteiger partial charge in [0.2, 0.25) is 0 Å². The number of nitrogens with one attached hydrogen (secondary N) is 2. The highest BCUT2D eigenvalue weighted by molar-refractivity contribution is 5.92. The molecule has 0 bridgehead atoms. The van der Waals surface area contributed by atoms with Crippen molar-refractivity contribution in [1.82, 2.24) is 20.7 Å². The molecule has 0 aliphatic rings. The molecule has 0 fully saturated rings. The summed E-state index contributed by atoms with van der Waals surface area (Å²) in [7, 11) is 0. The zero-order valence-corrected chi connectivity index (χ0v) is 8.37. The molecule has 1 aromatic heterocycles. The molecule has 1 rings (SSSR count). The number of nitrogens with zero attached hydrogens (tertiary/aromatic N) is 2. The standard InChI is InChI=1S/C8H15N5O/c1-3-8(2,5-9)11-7(14)6-4-10-13-12-6/h4H,3,5,9H2,1-2H3,(H,11,14)(H,10,12,13). The lowest BCUT2D eigenvalue weighted by Crippen LogP contribution is -2.50. The van der Waals surface area contributed by atoms with Gasteiger partial charge in [-0.05, 0) is 13.3 Å². The fourth-order valence-corrected chi connectivity index (χ4v) is 0.933. The highest BCUT2D eigenvalue weighted by atomic mass is 16.2. The molecule has 1 unspecified atom stereocenters. The van der Waals surface area contributed by atoms with E-state index in [9.17, 15) is 4.79 Å². The molecule has 14 heavy (non-hydrogen) atoms. The third-order valence-electron chi connectivity index (χ3n) is 2.29. The monoisotopic (exact) mass is 197 g/mol. The molecule has 0 aliphatic heterocycles. The maximum Gasteiger partial charge on any atom is 0.273 e. The Morgan fingerprint density at radius 1 is 1.79 bits per heavy atom. The van der Waals surface area contributed by atoms with E-state index in [2.05, 4.69) is 20.7 Å². The number of aromatic amines is 1. The Bertz CT molecular complexity index is 291. The zero-order chi connectivity index (χ0) is 10.6. The minimum absolute atomic E-state index is 0.256. The van der Waals surface area contributed by atoms with Gasteiger partial charge in [0.25, 0.3) is 5.91 Å². The number of carbonyl (C=O) groups is 1. The molecule has 4 N–H and O–H groups in total. The largest absolute Gasteiger partial charge is 0.344 e. The van der Waals surface area contributed by atoms with Gasteiger partial charge in [-0.15, -0.1) is 0 Å². The smallest absolute Gasteiger partial charge is 0.273 e. The fourth-order valence-electron chi connectivity index (χ4n) is 0.933. The first-order chi connectivity index (χ1) is 6.61. The lowest BCUT2D eigenvalue weighted by molar-refractivity contribution is 0.0901. The summed E-state index contributed by atoms with van der Waals surface area (Å²) in [6, 6.07) is 0. The van der Waals surface area contributed by atoms with Gasteiger partial charge in [0.15, 0.2) is 5.69 Å². The quantitative estimate of drug-likeness (QED) is 0.615. The third kappa shape index (κ3) is 2.29. The van der Waals surface area contributed by atoms with Crippen LogP contribution in [0, 0.1) is 0 Å². The molecular weight excluding hydrogens is 182 g/mol. The summed E-state index contributed by atoms with van der Waals surface area (Å²) in [5.74, 6) is -0.256. The number of rotatable bonds is 4. The Hall–Kier alpha value is -1.43. The van der Waals surface area contributed by atoms with Crippen LogP contribution >= 0.6 is 0 Å². The van der Waals surface area contributed by atoms with Crippen LogP contribution in [-0.2, 0) is 0 Å². The second-order valence-corrected chi connectivity index (χ2v) is 3.43. The Balaban J connectivity index is 2.65. The Morgan fingerprint density at radius 2 is 2.50 bits per heavy atom. The molecule has 0 saturated heterocycles. The summed E-state index contributed by atoms with van der Waals surface area (Å²) >= 11 is 0. The lowest BCUT2D eigenvalue weighted by Gasteiger charge is -2.27. The normalized spacial score (nSPS) is 14.8. The number of carbonyl (C=O) groups excluding carboxylic acids is 1. The molecule has 1 atom stereocenters. The fraction of sp³-hybridized carbons (Fsp3) is 0.625. The van der Waals surface area contributed by atoms with Gasteiger partial charge in [0, 0.05) is 12.1 Å². The number of aromatic nitrogens is 3. The molecule has 1 aromatic rings. The summed E-state index contributed by atoms with van der Waals surface area (Å²) in [4.78, 5) is 11.6. The Morgan fingerprint density at radius 3 is 2.93 bits per heavy atom. The van der Waals surface area contributed by atoms with Crippen LogP contribution in [0.2, 0.25) is 0 Å². The summed E-state index contributed by atoms with van der Waals surface area (Å²) in [5.41, 5.74) is 5.46. The van der Waals surface area contributed by atoms with Crippen LogP contribution in [0.1, 0.15) is 30.8 Å². The van der Waals surface area contributed by atoms with Crippen molar-refractivity contribution in [3.05, 3.63) is 11.9 Å². The summed E-state index contributed by atoms with van der Waals surface area (Å²) in [5, 5.41) is 12.4. The number of H-pyrrole nitrogens is 1. The van der Waals surface area contributed by atoms with Crippen molar-refractivity contribution in [1.29, 1.82) is 0 Å². The van der Waals surface area contributed by atoms with E-state index < -0.39 is 0 Å². The van der Waals surface area contributed by atoms with Crippen molar-refractivity contribution in [2.75, 3.05) is 6.54 Å². The minimum atomic E-state index is -0.379. The molecule has 0 radical (unpaired) electrons. The Labute approximate surface area is 82.3 Å². The van der Waals surface area contributed by atoms with Crippen LogP contribution in [0.4, 0.5) is 0 Å². The van der Waals surface area contributed by atoms with E-state index in [0.717, 1.165) is 6.42 Å². The summed E-state index contributed by atoms with van der Waals surface area (Å²) < 4.78 is 0. The van der Waals surface area contributed by atoms with Gasteiger partial charge in [-0.2, -0.15) is 15.4 Å². The molecule has 1 amide bonds. The molecular formula is C8H15N5O. The summed E-state index contributed by atoms with van der Waals surface area (Å²) in [6.07, 6.45) is 2.15. The van der Waals surface area contributed by atoms with E-state index in [1.54, 1.807) is 0 Å². The maximum atomic E-state index is 11.6. The molecule has 0 spiro atoms. The second-order valence-electron chi connectivity index (χ2n) is 3.43. The first kappa shape index (κ1) is 10.6. The van der Waals surface area contributed by atoms with Gasteiger partial charge in [0.1, 0.15) is 0 Å². The van der Waals surface area contributed by atoms with Crippen molar-refractivity contribution in [3.8, 4) is 0 Å². The van der Waals surface area contributed by atoms with Crippen LogP contribution < -0.4 is 11.1 Å². The molecule has 1 heterocycles. The van der Waals surface area contributed by atoms with E-state index in [1.165, 1.54) is 6.20 Å². The van der Waals surface area contributed by atoms with E-state index in [0.29, 0.717) is 6.54 Å². The number of nitrogens with two attached hydrogens (primary N) is 1. The number of amides is 1. The van der Waals surface area contributed by atoms with E-state index in [1.807, 2.05) is 13.8 Å². The topological polar surface area (TPSA) is 96.7 Å². The minimum Gasteiger partial charge on any atom is -0.344 e. The SMILES string of the molecule is CCC(C)(CN)NC(=O)c1cn[nH]n1. The predicted octanol–water partition coefficient (Wildman–Crippen LogP) is -0.338. The Kier molecular flexibility index (Phi) is 3.19. The molecule has 0 aliphatic carbocycles. The highest BCUT2D eigenvalue weighted by Crippen LogP contribution is 2.07. The number of hydrogen-bond acceptors (Lipinski definition) is 4. The van der Waals surface area contributed by atoms with Crippen molar-refractivity contribution >= 4 is 5.91 Å². The van der Waals surface area contributed by atoms with Crippen molar-refractivity contribution in [3.63, 3.8) is 0 Å². The average Bonchev–Trinajstić information content (AvgIpc) is 2.70. The van der Waals surface area contributed by atoms with Gasteiger partial charge in [0.05, 0.1) is 6.20 Å². The molecule has 78 valence electrons. The van der Waals surface area contributed by atoms with Crippen molar-refractivity contribution in [2.45, 2.75) is 25.8 Å². The van der Waals surface area contributed by atoms with Crippen molar-refractivity contribution in [2.24, 2.45) is 5.73 Å². The van der Waals surface area contributed by atoms with Gasteiger partial charge < -0.3 is 11.1 Å².